The SMILES string of the molecule is COc1cc(C(F)F)c(Cl)c(CC#N)n1. The molecule has 0 unspecified atom stereocenters. The van der Waals surface area contributed by atoms with E-state index in [2.05, 4.69) is 4.98 Å². The number of nitriles is 1. The van der Waals surface area contributed by atoms with Crippen LogP contribution in [0.3, 0.4) is 0 Å². The molecule has 6 heteroatoms. The molecule has 0 spiro atoms. The third kappa shape index (κ3) is 2.54. The standard InChI is InChI=1S/C9H7ClF2N2O/c1-15-7-4-5(9(11)12)8(10)6(14-7)2-3-13/h4,9H,2H2,1H3. The summed E-state index contributed by atoms with van der Waals surface area (Å²) in [6.07, 6.45) is -2.85. The molecule has 0 fully saturated rings. The summed E-state index contributed by atoms with van der Waals surface area (Å²) >= 11 is 5.66. The molecule has 1 rings (SSSR count). The van der Waals surface area contributed by atoms with Crippen LogP contribution in [0.5, 0.6) is 5.88 Å². The summed E-state index contributed by atoms with van der Waals surface area (Å²) in [6.45, 7) is 0. The third-order valence-electron chi connectivity index (χ3n) is 1.72. The predicted octanol–water partition coefficient (Wildman–Crippen LogP) is 2.75. The van der Waals surface area contributed by atoms with Gasteiger partial charge in [0.1, 0.15) is 0 Å². The van der Waals surface area contributed by atoms with Crippen LogP contribution in [0.25, 0.3) is 0 Å². The summed E-state index contributed by atoms with van der Waals surface area (Å²) in [4.78, 5) is 3.81. The van der Waals surface area contributed by atoms with Gasteiger partial charge in [-0.2, -0.15) is 5.26 Å². The summed E-state index contributed by atoms with van der Waals surface area (Å²) in [7, 11) is 1.31. The van der Waals surface area contributed by atoms with E-state index < -0.39 is 6.43 Å². The average molecular weight is 233 g/mol. The molecule has 15 heavy (non-hydrogen) atoms. The lowest BCUT2D eigenvalue weighted by atomic mass is 10.2. The minimum Gasteiger partial charge on any atom is -0.481 e. The summed E-state index contributed by atoms with van der Waals surface area (Å²) in [5.41, 5.74) is -0.261. The van der Waals surface area contributed by atoms with Crippen LogP contribution >= 0.6 is 11.6 Å². The lowest BCUT2D eigenvalue weighted by Crippen LogP contribution is -1.99. The molecule has 1 aromatic rings. The molecule has 0 N–H and O–H groups in total. The first kappa shape index (κ1) is 11.7. The van der Waals surface area contributed by atoms with Crippen LogP contribution in [0.4, 0.5) is 8.78 Å². The topological polar surface area (TPSA) is 45.9 Å². The highest BCUT2D eigenvalue weighted by Gasteiger charge is 2.18. The number of halogens is 3. The lowest BCUT2D eigenvalue weighted by molar-refractivity contribution is 0.151. The Hall–Kier alpha value is -1.41. The molecule has 0 amide bonds. The van der Waals surface area contributed by atoms with Gasteiger partial charge in [0.15, 0.2) is 0 Å². The van der Waals surface area contributed by atoms with Crippen LogP contribution in [0.1, 0.15) is 17.7 Å². The number of hydrogen-bond acceptors (Lipinski definition) is 3. The van der Waals surface area contributed by atoms with Crippen molar-refractivity contribution in [2.75, 3.05) is 7.11 Å². The molecule has 3 nitrogen and oxygen atoms in total. The Balaban J connectivity index is 3.28. The Morgan fingerprint density at radius 1 is 1.67 bits per heavy atom. The number of alkyl halides is 2. The molecule has 0 aromatic carbocycles. The van der Waals surface area contributed by atoms with Gasteiger partial charge in [0.25, 0.3) is 6.43 Å². The highest BCUT2D eigenvalue weighted by atomic mass is 35.5. The number of hydrogen-bond donors (Lipinski definition) is 0. The third-order valence-corrected chi connectivity index (χ3v) is 2.16. The Morgan fingerprint density at radius 2 is 2.33 bits per heavy atom. The van der Waals surface area contributed by atoms with Gasteiger partial charge < -0.3 is 4.74 Å². The van der Waals surface area contributed by atoms with Crippen molar-refractivity contribution in [1.29, 1.82) is 5.26 Å². The molecule has 80 valence electrons. The molecule has 0 atom stereocenters. The molecule has 0 aliphatic heterocycles. The average Bonchev–Trinajstić information content (AvgIpc) is 2.21. The normalized spacial score (nSPS) is 10.1. The largest absolute Gasteiger partial charge is 0.481 e. The van der Waals surface area contributed by atoms with Crippen LogP contribution in [0.2, 0.25) is 5.02 Å². The second-order valence-corrected chi connectivity index (χ2v) is 3.03. The fraction of sp³-hybridized carbons (Fsp3) is 0.333. The molecule has 0 radical (unpaired) electrons. The first-order chi connectivity index (χ1) is 7.10. The van der Waals surface area contributed by atoms with Crippen LogP contribution < -0.4 is 4.74 Å². The quantitative estimate of drug-likeness (QED) is 0.805. The van der Waals surface area contributed by atoms with Crippen molar-refractivity contribution in [1.82, 2.24) is 4.98 Å². The zero-order valence-electron chi connectivity index (χ0n) is 7.80. The van der Waals surface area contributed by atoms with Gasteiger partial charge in [0.05, 0.1) is 30.3 Å². The van der Waals surface area contributed by atoms with Crippen molar-refractivity contribution in [3.05, 3.63) is 22.3 Å². The van der Waals surface area contributed by atoms with E-state index in [4.69, 9.17) is 21.6 Å². The maximum absolute atomic E-state index is 12.5. The van der Waals surface area contributed by atoms with Gasteiger partial charge in [-0.3, -0.25) is 0 Å². The van der Waals surface area contributed by atoms with Crippen LogP contribution in [0, 0.1) is 11.3 Å². The van der Waals surface area contributed by atoms with E-state index >= 15 is 0 Å². The highest BCUT2D eigenvalue weighted by Crippen LogP contribution is 2.31. The second kappa shape index (κ2) is 4.89. The zero-order chi connectivity index (χ0) is 11.4. The van der Waals surface area contributed by atoms with Crippen LogP contribution in [0.15, 0.2) is 6.07 Å². The van der Waals surface area contributed by atoms with Gasteiger partial charge in [-0.05, 0) is 0 Å². The van der Waals surface area contributed by atoms with Crippen molar-refractivity contribution >= 4 is 11.6 Å². The van der Waals surface area contributed by atoms with E-state index in [-0.39, 0.29) is 28.6 Å². The van der Waals surface area contributed by atoms with Gasteiger partial charge in [-0.15, -0.1) is 0 Å². The molecule has 1 aromatic heterocycles. The Labute approximate surface area is 90.3 Å². The summed E-state index contributed by atoms with van der Waals surface area (Å²) in [5.74, 6) is 0.0277. The van der Waals surface area contributed by atoms with Gasteiger partial charge in [-0.1, -0.05) is 11.6 Å². The highest BCUT2D eigenvalue weighted by molar-refractivity contribution is 6.32. The summed E-state index contributed by atoms with van der Waals surface area (Å²) < 4.78 is 29.8. The fourth-order valence-electron chi connectivity index (χ4n) is 1.03. The monoisotopic (exact) mass is 232 g/mol. The van der Waals surface area contributed by atoms with E-state index in [9.17, 15) is 8.78 Å². The van der Waals surface area contributed by atoms with E-state index in [0.29, 0.717) is 0 Å². The number of nitrogens with zero attached hydrogens (tertiary/aromatic N) is 2. The minimum atomic E-state index is -2.72. The Bertz CT molecular complexity index is 404. The summed E-state index contributed by atoms with van der Waals surface area (Å²) in [6, 6.07) is 2.86. The summed E-state index contributed by atoms with van der Waals surface area (Å²) in [5, 5.41) is 8.29. The lowest BCUT2D eigenvalue weighted by Gasteiger charge is -2.08. The van der Waals surface area contributed by atoms with Crippen molar-refractivity contribution in [2.45, 2.75) is 12.8 Å². The molecule has 0 bridgehead atoms. The van der Waals surface area contributed by atoms with Crippen molar-refractivity contribution in [3.8, 4) is 11.9 Å². The molecule has 0 saturated heterocycles. The van der Waals surface area contributed by atoms with Crippen LogP contribution in [-0.2, 0) is 6.42 Å². The van der Waals surface area contributed by atoms with Crippen molar-refractivity contribution < 1.29 is 13.5 Å². The Morgan fingerprint density at radius 3 is 2.80 bits per heavy atom. The van der Waals surface area contributed by atoms with E-state index in [0.717, 1.165) is 6.07 Å². The first-order valence-corrected chi connectivity index (χ1v) is 4.36. The molecule has 0 saturated carbocycles. The molecular formula is C9H7ClF2N2O. The smallest absolute Gasteiger partial charge is 0.265 e. The van der Waals surface area contributed by atoms with Gasteiger partial charge in [-0.25, -0.2) is 13.8 Å². The van der Waals surface area contributed by atoms with Gasteiger partial charge in [0.2, 0.25) is 5.88 Å². The number of ether oxygens (including phenoxy) is 1. The zero-order valence-corrected chi connectivity index (χ0v) is 8.55. The number of aromatic nitrogens is 1. The first-order valence-electron chi connectivity index (χ1n) is 3.98. The molecule has 0 aliphatic rings. The van der Waals surface area contributed by atoms with E-state index in [1.54, 1.807) is 6.07 Å². The van der Waals surface area contributed by atoms with Crippen molar-refractivity contribution in [3.63, 3.8) is 0 Å². The molecular weight excluding hydrogens is 226 g/mol. The van der Waals surface area contributed by atoms with E-state index in [1.807, 2.05) is 0 Å². The fourth-order valence-corrected chi connectivity index (χ4v) is 1.28. The van der Waals surface area contributed by atoms with Gasteiger partial charge in [0, 0.05) is 11.6 Å². The van der Waals surface area contributed by atoms with Crippen LogP contribution in [-0.4, -0.2) is 12.1 Å². The maximum atomic E-state index is 12.5. The minimum absolute atomic E-state index is 0.0277. The van der Waals surface area contributed by atoms with E-state index in [1.165, 1.54) is 7.11 Å². The predicted molar refractivity (Wildman–Crippen MR) is 50.1 cm³/mol. The second-order valence-electron chi connectivity index (χ2n) is 2.65. The molecule has 0 aliphatic carbocycles. The van der Waals surface area contributed by atoms with Gasteiger partial charge >= 0.3 is 0 Å². The molecule has 1 heterocycles. The van der Waals surface area contributed by atoms with Crippen molar-refractivity contribution in [2.24, 2.45) is 0 Å². The maximum Gasteiger partial charge on any atom is 0.265 e. The number of methoxy groups -OCH3 is 1. The number of rotatable bonds is 3. The number of pyridine rings is 1. The Kier molecular flexibility index (Phi) is 3.81.